The van der Waals surface area contributed by atoms with E-state index in [0.29, 0.717) is 12.8 Å². The molecule has 0 aromatic carbocycles. The molecule has 5 nitrogen and oxygen atoms in total. The third kappa shape index (κ3) is 4.85. The molecule has 0 aliphatic carbocycles. The van der Waals surface area contributed by atoms with E-state index in [4.69, 9.17) is 0 Å². The number of allylic oxidation sites excluding steroid dienone is 1. The number of Topliss-reactive ketones (excluding diaryl/α,β-unsaturated/α-hetero) is 1. The molecule has 0 aliphatic rings. The number of carbonyl (C=O) groups is 3. The fourth-order valence-corrected chi connectivity index (χ4v) is 1.96. The lowest BCUT2D eigenvalue weighted by molar-refractivity contribution is -0.161. The molecule has 0 spiro atoms. The van der Waals surface area contributed by atoms with E-state index in [9.17, 15) is 14.4 Å². The van der Waals surface area contributed by atoms with Crippen LogP contribution in [0.2, 0.25) is 0 Å². The quantitative estimate of drug-likeness (QED) is 0.382. The van der Waals surface area contributed by atoms with Crippen LogP contribution in [0.4, 0.5) is 0 Å². The number of ketones is 1. The predicted molar refractivity (Wildman–Crippen MR) is 70.3 cm³/mol. The highest BCUT2D eigenvalue weighted by atomic mass is 16.5. The van der Waals surface area contributed by atoms with Crippen LogP contribution in [-0.4, -0.2) is 31.9 Å². The summed E-state index contributed by atoms with van der Waals surface area (Å²) >= 11 is 0. The van der Waals surface area contributed by atoms with Gasteiger partial charge in [-0.05, 0) is 6.42 Å². The second-order valence-electron chi connectivity index (χ2n) is 4.38. The molecule has 2 unspecified atom stereocenters. The SMILES string of the molecule is C=CC(CC(C)C(=O)CC)C(C(=O)OC)C(=O)OC. The minimum atomic E-state index is -1.07. The number of esters is 2. The molecule has 0 rings (SSSR count). The standard InChI is InChI=1S/C14H22O5/c1-6-10(8-9(3)11(15)7-2)12(13(16)18-4)14(17)19-5/h6,9-10,12H,1,7-8H2,2-5H3. The Kier molecular flexibility index (Phi) is 7.72. The summed E-state index contributed by atoms with van der Waals surface area (Å²) in [6, 6.07) is 0. The minimum absolute atomic E-state index is 0.0836. The maximum atomic E-state index is 11.7. The second kappa shape index (κ2) is 8.45. The first-order chi connectivity index (χ1) is 8.92. The van der Waals surface area contributed by atoms with E-state index < -0.39 is 23.8 Å². The highest BCUT2D eigenvalue weighted by Crippen LogP contribution is 2.25. The summed E-state index contributed by atoms with van der Waals surface area (Å²) in [5.74, 6) is -3.06. The fourth-order valence-electron chi connectivity index (χ4n) is 1.96. The van der Waals surface area contributed by atoms with Gasteiger partial charge in [-0.3, -0.25) is 14.4 Å². The molecule has 0 aliphatic heterocycles. The Labute approximate surface area is 114 Å². The first kappa shape index (κ1) is 17.4. The van der Waals surface area contributed by atoms with Gasteiger partial charge < -0.3 is 9.47 Å². The highest BCUT2D eigenvalue weighted by Gasteiger charge is 2.36. The summed E-state index contributed by atoms with van der Waals surface area (Å²) in [5, 5.41) is 0. The molecule has 2 atom stereocenters. The maximum absolute atomic E-state index is 11.7. The van der Waals surface area contributed by atoms with Crippen LogP contribution in [0.5, 0.6) is 0 Å². The van der Waals surface area contributed by atoms with E-state index >= 15 is 0 Å². The van der Waals surface area contributed by atoms with Crippen LogP contribution in [0.25, 0.3) is 0 Å². The van der Waals surface area contributed by atoms with Crippen LogP contribution in [0.15, 0.2) is 12.7 Å². The largest absolute Gasteiger partial charge is 0.468 e. The summed E-state index contributed by atoms with van der Waals surface area (Å²) in [4.78, 5) is 35.0. The molecule has 0 saturated heterocycles. The predicted octanol–water partition coefficient (Wildman–Crippen LogP) is 1.76. The van der Waals surface area contributed by atoms with Crippen LogP contribution < -0.4 is 0 Å². The Morgan fingerprint density at radius 3 is 1.95 bits per heavy atom. The normalized spacial score (nSPS) is 13.5. The van der Waals surface area contributed by atoms with Crippen molar-refractivity contribution in [2.24, 2.45) is 17.8 Å². The van der Waals surface area contributed by atoms with Gasteiger partial charge in [0.15, 0.2) is 5.92 Å². The van der Waals surface area contributed by atoms with Crippen LogP contribution in [0.3, 0.4) is 0 Å². The Balaban J connectivity index is 5.04. The molecule has 0 fully saturated rings. The molecule has 0 radical (unpaired) electrons. The van der Waals surface area contributed by atoms with Gasteiger partial charge in [-0.2, -0.15) is 0 Å². The molecule has 0 aromatic rings. The first-order valence-corrected chi connectivity index (χ1v) is 6.23. The van der Waals surface area contributed by atoms with Gasteiger partial charge in [0, 0.05) is 18.3 Å². The van der Waals surface area contributed by atoms with Gasteiger partial charge in [0.05, 0.1) is 14.2 Å². The summed E-state index contributed by atoms with van der Waals surface area (Å²) in [7, 11) is 2.41. The number of hydrogen-bond donors (Lipinski definition) is 0. The third-order valence-corrected chi connectivity index (χ3v) is 3.16. The average Bonchev–Trinajstić information content (AvgIpc) is 2.44. The van der Waals surface area contributed by atoms with E-state index in [1.165, 1.54) is 20.3 Å². The van der Waals surface area contributed by atoms with E-state index in [-0.39, 0.29) is 11.7 Å². The lowest BCUT2D eigenvalue weighted by atomic mass is 9.83. The lowest BCUT2D eigenvalue weighted by Crippen LogP contribution is -2.34. The van der Waals surface area contributed by atoms with Crippen LogP contribution >= 0.6 is 0 Å². The van der Waals surface area contributed by atoms with E-state index in [0.717, 1.165) is 0 Å². The van der Waals surface area contributed by atoms with Gasteiger partial charge >= 0.3 is 11.9 Å². The van der Waals surface area contributed by atoms with Crippen molar-refractivity contribution in [3.63, 3.8) is 0 Å². The fraction of sp³-hybridized carbons (Fsp3) is 0.643. The molecule has 0 N–H and O–H groups in total. The topological polar surface area (TPSA) is 69.7 Å². The summed E-state index contributed by atoms with van der Waals surface area (Å²) < 4.78 is 9.23. The van der Waals surface area contributed by atoms with Gasteiger partial charge in [0.1, 0.15) is 5.78 Å². The van der Waals surface area contributed by atoms with Crippen molar-refractivity contribution in [3.05, 3.63) is 12.7 Å². The Morgan fingerprint density at radius 1 is 1.16 bits per heavy atom. The molecule has 0 aromatic heterocycles. The number of rotatable bonds is 8. The zero-order valence-electron chi connectivity index (χ0n) is 12.0. The lowest BCUT2D eigenvalue weighted by Gasteiger charge is -2.22. The minimum Gasteiger partial charge on any atom is -0.468 e. The van der Waals surface area contributed by atoms with Gasteiger partial charge in [-0.25, -0.2) is 0 Å². The van der Waals surface area contributed by atoms with E-state index in [1.54, 1.807) is 13.8 Å². The second-order valence-corrected chi connectivity index (χ2v) is 4.38. The smallest absolute Gasteiger partial charge is 0.320 e. The van der Waals surface area contributed by atoms with Gasteiger partial charge in [0.2, 0.25) is 0 Å². The number of ether oxygens (including phenoxy) is 2. The van der Waals surface area contributed by atoms with Gasteiger partial charge in [-0.1, -0.05) is 19.9 Å². The van der Waals surface area contributed by atoms with Crippen LogP contribution in [-0.2, 0) is 23.9 Å². The molecule has 0 heterocycles. The Morgan fingerprint density at radius 2 is 1.63 bits per heavy atom. The van der Waals surface area contributed by atoms with Crippen LogP contribution in [0.1, 0.15) is 26.7 Å². The molecule has 0 bridgehead atoms. The van der Waals surface area contributed by atoms with Crippen molar-refractivity contribution in [2.75, 3.05) is 14.2 Å². The third-order valence-electron chi connectivity index (χ3n) is 3.16. The summed E-state index contributed by atoms with van der Waals surface area (Å²) in [6.07, 6.45) is 2.29. The molecular weight excluding hydrogens is 248 g/mol. The zero-order chi connectivity index (χ0) is 15.0. The Bertz CT molecular complexity index is 332. The molecule has 108 valence electrons. The monoisotopic (exact) mass is 270 g/mol. The molecule has 5 heteroatoms. The zero-order valence-corrected chi connectivity index (χ0v) is 12.0. The van der Waals surface area contributed by atoms with Crippen molar-refractivity contribution in [1.29, 1.82) is 0 Å². The molecule has 0 saturated carbocycles. The number of hydrogen-bond acceptors (Lipinski definition) is 5. The summed E-state index contributed by atoms with van der Waals surface area (Å²) in [5.41, 5.74) is 0. The van der Waals surface area contributed by atoms with Crippen molar-refractivity contribution in [2.45, 2.75) is 26.7 Å². The average molecular weight is 270 g/mol. The van der Waals surface area contributed by atoms with Crippen molar-refractivity contribution >= 4 is 17.7 Å². The molecule has 19 heavy (non-hydrogen) atoms. The number of methoxy groups -OCH3 is 2. The van der Waals surface area contributed by atoms with Gasteiger partial charge in [0.25, 0.3) is 0 Å². The van der Waals surface area contributed by atoms with Crippen LogP contribution in [0, 0.1) is 17.8 Å². The van der Waals surface area contributed by atoms with Gasteiger partial charge in [-0.15, -0.1) is 6.58 Å². The number of carbonyl (C=O) groups excluding carboxylic acids is 3. The molecular formula is C14H22O5. The van der Waals surface area contributed by atoms with Crippen molar-refractivity contribution < 1.29 is 23.9 Å². The van der Waals surface area contributed by atoms with Crippen molar-refractivity contribution in [1.82, 2.24) is 0 Å². The first-order valence-electron chi connectivity index (χ1n) is 6.23. The Hall–Kier alpha value is -1.65. The molecule has 0 amide bonds. The maximum Gasteiger partial charge on any atom is 0.320 e. The van der Waals surface area contributed by atoms with E-state index in [1.807, 2.05) is 0 Å². The van der Waals surface area contributed by atoms with E-state index in [2.05, 4.69) is 16.1 Å². The van der Waals surface area contributed by atoms with Crippen molar-refractivity contribution in [3.8, 4) is 0 Å². The highest BCUT2D eigenvalue weighted by molar-refractivity contribution is 5.95. The summed E-state index contributed by atoms with van der Waals surface area (Å²) in [6.45, 7) is 7.18.